The van der Waals surface area contributed by atoms with Gasteiger partial charge >= 0.3 is 5.97 Å². The minimum Gasteiger partial charge on any atom is -0.490 e. The van der Waals surface area contributed by atoms with Crippen molar-refractivity contribution in [3.05, 3.63) is 65.0 Å². The molecule has 2 aromatic carbocycles. The molecular weight excluding hydrogens is 396 g/mol. The maximum absolute atomic E-state index is 12.0. The van der Waals surface area contributed by atoms with Gasteiger partial charge in [-0.2, -0.15) is 4.98 Å². The number of ether oxygens (including phenoxy) is 3. The first kappa shape index (κ1) is 19.0. The monoisotopic (exact) mass is 412 g/mol. The smallest absolute Gasteiger partial charge is 0.331 e. The molecule has 4 rings (SSSR count). The molecule has 0 aliphatic carbocycles. The summed E-state index contributed by atoms with van der Waals surface area (Å²) in [5, 5.41) is 4.44. The third-order valence-corrected chi connectivity index (χ3v) is 4.31. The number of hydrogen-bond acceptors (Lipinski definition) is 7. The largest absolute Gasteiger partial charge is 0.490 e. The van der Waals surface area contributed by atoms with Crippen molar-refractivity contribution in [3.8, 4) is 22.9 Å². The van der Waals surface area contributed by atoms with Crippen molar-refractivity contribution >= 4 is 23.6 Å². The Hall–Kier alpha value is -3.32. The molecule has 7 nitrogen and oxygen atoms in total. The van der Waals surface area contributed by atoms with Crippen LogP contribution in [0.25, 0.3) is 17.5 Å². The Balaban J connectivity index is 1.34. The Labute approximate surface area is 171 Å². The summed E-state index contributed by atoms with van der Waals surface area (Å²) in [5.74, 6) is 1.41. The van der Waals surface area contributed by atoms with E-state index in [1.807, 2.05) is 24.3 Å². The fourth-order valence-corrected chi connectivity index (χ4v) is 2.88. The van der Waals surface area contributed by atoms with E-state index in [4.69, 9.17) is 30.3 Å². The zero-order valence-corrected chi connectivity index (χ0v) is 16.1. The molecule has 29 heavy (non-hydrogen) atoms. The first-order valence-corrected chi connectivity index (χ1v) is 9.38. The van der Waals surface area contributed by atoms with E-state index in [2.05, 4.69) is 10.1 Å². The number of hydrogen-bond donors (Lipinski definition) is 0. The Bertz CT molecular complexity index is 1050. The third-order valence-electron chi connectivity index (χ3n) is 4.07. The lowest BCUT2D eigenvalue weighted by Crippen LogP contribution is -2.01. The van der Waals surface area contributed by atoms with Gasteiger partial charge in [-0.15, -0.1) is 0 Å². The van der Waals surface area contributed by atoms with Crippen LogP contribution in [0.5, 0.6) is 11.5 Å². The van der Waals surface area contributed by atoms with Gasteiger partial charge in [0.2, 0.25) is 5.82 Å². The summed E-state index contributed by atoms with van der Waals surface area (Å²) in [5.41, 5.74) is 1.51. The lowest BCUT2D eigenvalue weighted by Gasteiger charge is -2.07. The van der Waals surface area contributed by atoms with Crippen molar-refractivity contribution in [2.75, 3.05) is 13.2 Å². The highest BCUT2D eigenvalue weighted by molar-refractivity contribution is 6.30. The summed E-state index contributed by atoms with van der Waals surface area (Å²) in [7, 11) is 0. The van der Waals surface area contributed by atoms with Gasteiger partial charge in [0.25, 0.3) is 5.89 Å². The summed E-state index contributed by atoms with van der Waals surface area (Å²) < 4.78 is 21.5. The molecule has 0 radical (unpaired) electrons. The Morgan fingerprint density at radius 3 is 2.86 bits per heavy atom. The predicted molar refractivity (Wildman–Crippen MR) is 106 cm³/mol. The molecular formula is C21H17ClN2O5. The number of benzene rings is 2. The number of halogens is 1. The highest BCUT2D eigenvalue weighted by Crippen LogP contribution is 2.30. The van der Waals surface area contributed by atoms with Gasteiger partial charge in [-0.25, -0.2) is 4.79 Å². The summed E-state index contributed by atoms with van der Waals surface area (Å²) in [6.45, 7) is 1.10. The van der Waals surface area contributed by atoms with E-state index in [1.165, 1.54) is 6.08 Å². The van der Waals surface area contributed by atoms with Crippen LogP contribution in [0, 0.1) is 0 Å². The van der Waals surface area contributed by atoms with Crippen LogP contribution >= 0.6 is 11.6 Å². The van der Waals surface area contributed by atoms with E-state index < -0.39 is 5.97 Å². The zero-order chi connectivity index (χ0) is 20.1. The minimum absolute atomic E-state index is 0.127. The number of rotatable bonds is 5. The molecule has 0 spiro atoms. The van der Waals surface area contributed by atoms with Gasteiger partial charge in [0, 0.05) is 23.1 Å². The fourth-order valence-electron chi connectivity index (χ4n) is 2.69. The number of fused-ring (bicyclic) bond motifs is 1. The summed E-state index contributed by atoms with van der Waals surface area (Å²) in [4.78, 5) is 16.2. The molecule has 1 aliphatic heterocycles. The van der Waals surface area contributed by atoms with E-state index in [9.17, 15) is 4.79 Å². The summed E-state index contributed by atoms with van der Waals surface area (Å²) >= 11 is 5.96. The molecule has 3 aromatic rings. The van der Waals surface area contributed by atoms with Crippen molar-refractivity contribution in [2.24, 2.45) is 0 Å². The molecule has 0 unspecified atom stereocenters. The number of carbonyl (C=O) groups is 1. The highest BCUT2D eigenvalue weighted by Gasteiger charge is 2.12. The topological polar surface area (TPSA) is 83.7 Å². The molecule has 0 atom stereocenters. The Morgan fingerprint density at radius 2 is 2.00 bits per heavy atom. The normalized spacial score (nSPS) is 13.3. The van der Waals surface area contributed by atoms with Crippen molar-refractivity contribution < 1.29 is 23.5 Å². The molecule has 1 aromatic heterocycles. The molecule has 1 aliphatic rings. The van der Waals surface area contributed by atoms with Gasteiger partial charge in [0.05, 0.1) is 13.2 Å². The first-order valence-electron chi connectivity index (χ1n) is 9.00. The summed E-state index contributed by atoms with van der Waals surface area (Å²) in [6.07, 6.45) is 3.80. The van der Waals surface area contributed by atoms with Crippen LogP contribution in [-0.2, 0) is 16.1 Å². The SMILES string of the molecule is O=C(/C=C/c1ccc2c(c1)OCCCO2)OCc1nc(-c2cccc(Cl)c2)no1. The lowest BCUT2D eigenvalue weighted by atomic mass is 10.2. The van der Waals surface area contributed by atoms with Crippen LogP contribution in [0.3, 0.4) is 0 Å². The second-order valence-corrected chi connectivity index (χ2v) is 6.66. The van der Waals surface area contributed by atoms with Gasteiger partial charge in [0.15, 0.2) is 18.1 Å². The van der Waals surface area contributed by atoms with Gasteiger partial charge in [-0.3, -0.25) is 0 Å². The standard InChI is InChI=1S/C21H17ClN2O5/c22-16-4-1-3-15(12-16)21-23-19(29-24-21)13-28-20(25)8-6-14-5-7-17-18(11-14)27-10-2-9-26-17/h1,3-8,11-12H,2,9-10,13H2/b8-6+. The van der Waals surface area contributed by atoms with Crippen molar-refractivity contribution in [2.45, 2.75) is 13.0 Å². The second-order valence-electron chi connectivity index (χ2n) is 6.22. The molecule has 0 saturated carbocycles. The molecule has 0 saturated heterocycles. The average molecular weight is 413 g/mol. The highest BCUT2D eigenvalue weighted by atomic mass is 35.5. The van der Waals surface area contributed by atoms with Crippen molar-refractivity contribution in [1.29, 1.82) is 0 Å². The quantitative estimate of drug-likeness (QED) is 0.456. The van der Waals surface area contributed by atoms with Crippen LogP contribution in [0.1, 0.15) is 17.9 Å². The van der Waals surface area contributed by atoms with Gasteiger partial charge < -0.3 is 18.7 Å². The number of esters is 1. The van der Waals surface area contributed by atoms with E-state index in [0.717, 1.165) is 12.0 Å². The average Bonchev–Trinajstić information content (AvgIpc) is 3.08. The number of nitrogens with zero attached hydrogens (tertiary/aromatic N) is 2. The Morgan fingerprint density at radius 1 is 1.14 bits per heavy atom. The molecule has 0 N–H and O–H groups in total. The van der Waals surface area contributed by atoms with E-state index in [0.29, 0.717) is 41.1 Å². The van der Waals surface area contributed by atoms with Crippen LogP contribution in [0.15, 0.2) is 53.1 Å². The zero-order valence-electron chi connectivity index (χ0n) is 15.3. The van der Waals surface area contributed by atoms with Crippen LogP contribution < -0.4 is 9.47 Å². The van der Waals surface area contributed by atoms with Gasteiger partial charge in [-0.1, -0.05) is 35.0 Å². The summed E-state index contributed by atoms with van der Waals surface area (Å²) in [6, 6.07) is 12.6. The molecule has 148 valence electrons. The predicted octanol–water partition coefficient (Wildman–Crippen LogP) is 4.31. The Kier molecular flexibility index (Phi) is 5.76. The van der Waals surface area contributed by atoms with Crippen molar-refractivity contribution in [3.63, 3.8) is 0 Å². The minimum atomic E-state index is -0.528. The maximum Gasteiger partial charge on any atom is 0.331 e. The van der Waals surface area contributed by atoms with Crippen molar-refractivity contribution in [1.82, 2.24) is 10.1 Å². The van der Waals surface area contributed by atoms with Gasteiger partial charge in [-0.05, 0) is 35.9 Å². The molecule has 8 heteroatoms. The van der Waals surface area contributed by atoms with E-state index in [1.54, 1.807) is 24.3 Å². The van der Waals surface area contributed by atoms with E-state index in [-0.39, 0.29) is 12.5 Å². The van der Waals surface area contributed by atoms with Crippen LogP contribution in [0.2, 0.25) is 5.02 Å². The lowest BCUT2D eigenvalue weighted by molar-refractivity contribution is -0.139. The van der Waals surface area contributed by atoms with Crippen LogP contribution in [0.4, 0.5) is 0 Å². The van der Waals surface area contributed by atoms with E-state index >= 15 is 0 Å². The third kappa shape index (κ3) is 4.94. The molecule has 0 amide bonds. The van der Waals surface area contributed by atoms with Crippen LogP contribution in [-0.4, -0.2) is 29.3 Å². The number of aromatic nitrogens is 2. The molecule has 0 bridgehead atoms. The molecule has 2 heterocycles. The van der Waals surface area contributed by atoms with Gasteiger partial charge in [0.1, 0.15) is 0 Å². The fraction of sp³-hybridized carbons (Fsp3) is 0.190. The second kappa shape index (κ2) is 8.79. The molecule has 0 fully saturated rings. The number of carbonyl (C=O) groups excluding carboxylic acids is 1. The first-order chi connectivity index (χ1) is 14.2. The maximum atomic E-state index is 12.0.